The maximum Gasteiger partial charge on any atom is 0.261 e. The first-order valence-corrected chi connectivity index (χ1v) is 6.74. The van der Waals surface area contributed by atoms with Gasteiger partial charge in [0.2, 0.25) is 0 Å². The van der Waals surface area contributed by atoms with Crippen LogP contribution >= 0.6 is 0 Å². The van der Waals surface area contributed by atoms with Gasteiger partial charge in [0.25, 0.3) is 11.8 Å². The lowest BCUT2D eigenvalue weighted by Gasteiger charge is -2.13. The molecular formula is C15H20N2O2. The van der Waals surface area contributed by atoms with E-state index in [1.54, 1.807) is 0 Å². The lowest BCUT2D eigenvalue weighted by atomic mass is 9.99. The predicted octanol–water partition coefficient (Wildman–Crippen LogP) is 2.03. The predicted molar refractivity (Wildman–Crippen MR) is 74.2 cm³/mol. The Balaban J connectivity index is 2.20. The summed E-state index contributed by atoms with van der Waals surface area (Å²) in [4.78, 5) is 26.0. The molecule has 1 aromatic carbocycles. The van der Waals surface area contributed by atoms with E-state index in [0.29, 0.717) is 24.2 Å². The number of carbonyl (C=O) groups is 2. The highest BCUT2D eigenvalue weighted by Gasteiger charge is 2.37. The Bertz CT molecular complexity index is 482. The summed E-state index contributed by atoms with van der Waals surface area (Å²) < 4.78 is 0. The highest BCUT2D eigenvalue weighted by molar-refractivity contribution is 6.22. The van der Waals surface area contributed by atoms with Crippen LogP contribution in [0.5, 0.6) is 0 Å². The molecule has 2 amide bonds. The molecule has 1 aliphatic heterocycles. The smallest absolute Gasteiger partial charge is 0.261 e. The van der Waals surface area contributed by atoms with Gasteiger partial charge in [-0.05, 0) is 44.4 Å². The molecular weight excluding hydrogens is 240 g/mol. The fourth-order valence-corrected chi connectivity index (χ4v) is 2.52. The summed E-state index contributed by atoms with van der Waals surface area (Å²) in [6, 6.07) is 3.80. The lowest BCUT2D eigenvalue weighted by Crippen LogP contribution is -2.31. The number of aryl methyl sites for hydroxylation is 2. The summed E-state index contributed by atoms with van der Waals surface area (Å²) in [6.45, 7) is 4.90. The Labute approximate surface area is 113 Å². The fraction of sp³-hybridized carbons (Fsp3) is 0.467. The molecule has 0 unspecified atom stereocenters. The summed E-state index contributed by atoms with van der Waals surface area (Å²) in [5, 5.41) is 0. The molecule has 1 aliphatic rings. The van der Waals surface area contributed by atoms with Crippen LogP contribution < -0.4 is 5.73 Å². The topological polar surface area (TPSA) is 63.4 Å². The van der Waals surface area contributed by atoms with E-state index in [1.165, 1.54) is 4.90 Å². The van der Waals surface area contributed by atoms with Gasteiger partial charge in [0, 0.05) is 6.54 Å². The van der Waals surface area contributed by atoms with E-state index in [0.717, 1.165) is 30.4 Å². The van der Waals surface area contributed by atoms with Crippen molar-refractivity contribution in [1.82, 2.24) is 4.90 Å². The third-order valence-electron chi connectivity index (χ3n) is 3.63. The van der Waals surface area contributed by atoms with Crippen molar-refractivity contribution in [1.29, 1.82) is 0 Å². The van der Waals surface area contributed by atoms with Gasteiger partial charge in [-0.1, -0.05) is 18.6 Å². The number of hydrogen-bond acceptors (Lipinski definition) is 3. The van der Waals surface area contributed by atoms with Crippen LogP contribution in [0.3, 0.4) is 0 Å². The van der Waals surface area contributed by atoms with Crippen molar-refractivity contribution in [2.45, 2.75) is 33.1 Å². The molecule has 4 heteroatoms. The van der Waals surface area contributed by atoms with Crippen LogP contribution in [0.2, 0.25) is 0 Å². The largest absolute Gasteiger partial charge is 0.330 e. The number of hydrogen-bond donors (Lipinski definition) is 1. The quantitative estimate of drug-likeness (QED) is 0.651. The summed E-state index contributed by atoms with van der Waals surface area (Å²) in [7, 11) is 0. The summed E-state index contributed by atoms with van der Waals surface area (Å²) >= 11 is 0. The molecule has 0 saturated heterocycles. The zero-order valence-electron chi connectivity index (χ0n) is 11.5. The minimum absolute atomic E-state index is 0.144. The van der Waals surface area contributed by atoms with Gasteiger partial charge in [0.15, 0.2) is 0 Å². The van der Waals surface area contributed by atoms with Crippen molar-refractivity contribution < 1.29 is 9.59 Å². The maximum atomic E-state index is 12.3. The van der Waals surface area contributed by atoms with Gasteiger partial charge in [-0.2, -0.15) is 0 Å². The third kappa shape index (κ3) is 2.40. The number of benzene rings is 1. The van der Waals surface area contributed by atoms with E-state index in [9.17, 15) is 9.59 Å². The Morgan fingerprint density at radius 3 is 1.95 bits per heavy atom. The first-order chi connectivity index (χ1) is 9.07. The molecule has 1 aromatic rings. The molecule has 1 heterocycles. The standard InChI is InChI=1S/C15H20N2O2/c1-10-6-7-11(2)13-12(10)14(18)17(15(13)19)9-5-3-4-8-16/h6-7H,3-5,8-9,16H2,1-2H3. The molecule has 0 atom stereocenters. The van der Waals surface area contributed by atoms with Crippen LogP contribution in [-0.4, -0.2) is 29.8 Å². The SMILES string of the molecule is Cc1ccc(C)c2c1C(=O)N(CCCCCN)C2=O. The minimum Gasteiger partial charge on any atom is -0.330 e. The number of unbranched alkanes of at least 4 members (excludes halogenated alkanes) is 2. The second-order valence-electron chi connectivity index (χ2n) is 5.06. The molecule has 2 rings (SSSR count). The van der Waals surface area contributed by atoms with Crippen LogP contribution in [0.15, 0.2) is 12.1 Å². The molecule has 0 aliphatic carbocycles. The molecule has 0 saturated carbocycles. The summed E-state index contributed by atoms with van der Waals surface area (Å²) in [5.74, 6) is -0.289. The zero-order chi connectivity index (χ0) is 14.0. The molecule has 0 bridgehead atoms. The van der Waals surface area contributed by atoms with Crippen LogP contribution in [0.4, 0.5) is 0 Å². The highest BCUT2D eigenvalue weighted by Crippen LogP contribution is 2.28. The van der Waals surface area contributed by atoms with E-state index >= 15 is 0 Å². The average Bonchev–Trinajstić information content (AvgIpc) is 2.64. The second-order valence-corrected chi connectivity index (χ2v) is 5.06. The Morgan fingerprint density at radius 2 is 1.47 bits per heavy atom. The first kappa shape index (κ1) is 13.7. The molecule has 19 heavy (non-hydrogen) atoms. The number of rotatable bonds is 5. The molecule has 102 valence electrons. The second kappa shape index (κ2) is 5.53. The number of nitrogens with zero attached hydrogens (tertiary/aromatic N) is 1. The molecule has 0 radical (unpaired) electrons. The maximum absolute atomic E-state index is 12.3. The van der Waals surface area contributed by atoms with Gasteiger partial charge in [0.05, 0.1) is 11.1 Å². The van der Waals surface area contributed by atoms with Gasteiger partial charge >= 0.3 is 0 Å². The van der Waals surface area contributed by atoms with Crippen LogP contribution in [-0.2, 0) is 0 Å². The van der Waals surface area contributed by atoms with Crippen molar-refractivity contribution in [3.05, 3.63) is 34.4 Å². The van der Waals surface area contributed by atoms with Crippen LogP contribution in [0.25, 0.3) is 0 Å². The van der Waals surface area contributed by atoms with Crippen molar-refractivity contribution in [2.75, 3.05) is 13.1 Å². The average molecular weight is 260 g/mol. The van der Waals surface area contributed by atoms with Gasteiger partial charge < -0.3 is 5.73 Å². The highest BCUT2D eigenvalue weighted by atomic mass is 16.2. The number of nitrogens with two attached hydrogens (primary N) is 1. The van der Waals surface area contributed by atoms with Crippen molar-refractivity contribution in [3.63, 3.8) is 0 Å². The fourth-order valence-electron chi connectivity index (χ4n) is 2.52. The first-order valence-electron chi connectivity index (χ1n) is 6.74. The van der Waals surface area contributed by atoms with Crippen molar-refractivity contribution in [2.24, 2.45) is 5.73 Å². The third-order valence-corrected chi connectivity index (χ3v) is 3.63. The van der Waals surface area contributed by atoms with Gasteiger partial charge in [-0.25, -0.2) is 0 Å². The van der Waals surface area contributed by atoms with E-state index in [4.69, 9.17) is 5.73 Å². The van der Waals surface area contributed by atoms with Gasteiger partial charge in [0.1, 0.15) is 0 Å². The number of amides is 2. The molecule has 0 spiro atoms. The molecule has 2 N–H and O–H groups in total. The van der Waals surface area contributed by atoms with E-state index in [1.807, 2.05) is 26.0 Å². The van der Waals surface area contributed by atoms with Crippen molar-refractivity contribution in [3.8, 4) is 0 Å². The molecule has 0 fully saturated rings. The zero-order valence-corrected chi connectivity index (χ0v) is 11.5. The number of carbonyl (C=O) groups excluding carboxylic acids is 2. The normalized spacial score (nSPS) is 14.2. The Hall–Kier alpha value is -1.68. The Morgan fingerprint density at radius 1 is 0.947 bits per heavy atom. The van der Waals surface area contributed by atoms with Crippen molar-refractivity contribution >= 4 is 11.8 Å². The van der Waals surface area contributed by atoms with E-state index < -0.39 is 0 Å². The van der Waals surface area contributed by atoms with Crippen LogP contribution in [0.1, 0.15) is 51.1 Å². The lowest BCUT2D eigenvalue weighted by molar-refractivity contribution is 0.0651. The summed E-state index contributed by atoms with van der Waals surface area (Å²) in [6.07, 6.45) is 2.70. The molecule has 4 nitrogen and oxygen atoms in total. The van der Waals surface area contributed by atoms with Crippen LogP contribution in [0, 0.1) is 13.8 Å². The van der Waals surface area contributed by atoms with E-state index in [-0.39, 0.29) is 11.8 Å². The van der Waals surface area contributed by atoms with Gasteiger partial charge in [-0.15, -0.1) is 0 Å². The number of fused-ring (bicyclic) bond motifs is 1. The number of imide groups is 1. The monoisotopic (exact) mass is 260 g/mol. The van der Waals surface area contributed by atoms with Gasteiger partial charge in [-0.3, -0.25) is 14.5 Å². The summed E-state index contributed by atoms with van der Waals surface area (Å²) in [5.41, 5.74) is 8.37. The molecule has 0 aromatic heterocycles. The Kier molecular flexibility index (Phi) is 4.00. The van der Waals surface area contributed by atoms with E-state index in [2.05, 4.69) is 0 Å². The minimum atomic E-state index is -0.144.